The Morgan fingerprint density at radius 2 is 1.81 bits per heavy atom. The Morgan fingerprint density at radius 3 is 2.47 bits per heavy atom. The summed E-state index contributed by atoms with van der Waals surface area (Å²) in [5.41, 5.74) is 2.88. The summed E-state index contributed by atoms with van der Waals surface area (Å²) in [6.45, 7) is 7.22. The zero-order valence-corrected chi connectivity index (χ0v) is 19.2. The summed E-state index contributed by atoms with van der Waals surface area (Å²) in [5.74, 6) is 1.03. The number of esters is 1. The van der Waals surface area contributed by atoms with Gasteiger partial charge in [-0.1, -0.05) is 49.4 Å². The highest BCUT2D eigenvalue weighted by Gasteiger charge is 2.18. The third-order valence-corrected chi connectivity index (χ3v) is 6.20. The van der Waals surface area contributed by atoms with Gasteiger partial charge in [-0.15, -0.1) is 0 Å². The summed E-state index contributed by atoms with van der Waals surface area (Å²) in [4.78, 5) is 29.8. The molecule has 0 fully saturated rings. The zero-order valence-electron chi connectivity index (χ0n) is 18.4. The van der Waals surface area contributed by atoms with Crippen molar-refractivity contribution in [1.82, 2.24) is 4.57 Å². The van der Waals surface area contributed by atoms with Crippen molar-refractivity contribution in [1.29, 1.82) is 0 Å². The van der Waals surface area contributed by atoms with Crippen LogP contribution in [0.2, 0.25) is 0 Å². The first-order valence-corrected chi connectivity index (χ1v) is 11.5. The highest BCUT2D eigenvalue weighted by molar-refractivity contribution is 7.16. The van der Waals surface area contributed by atoms with Crippen LogP contribution in [-0.4, -0.2) is 36.3 Å². The van der Waals surface area contributed by atoms with E-state index in [0.717, 1.165) is 15.8 Å². The van der Waals surface area contributed by atoms with Crippen molar-refractivity contribution >= 4 is 33.4 Å². The van der Waals surface area contributed by atoms with E-state index in [4.69, 9.17) is 14.2 Å². The van der Waals surface area contributed by atoms with Crippen LogP contribution in [0.3, 0.4) is 0 Å². The number of hydrogen-bond donors (Lipinski definition) is 0. The fourth-order valence-electron chi connectivity index (χ4n) is 3.52. The van der Waals surface area contributed by atoms with E-state index >= 15 is 0 Å². The summed E-state index contributed by atoms with van der Waals surface area (Å²) >= 11 is 1.33. The van der Waals surface area contributed by atoms with Crippen LogP contribution >= 0.6 is 11.3 Å². The minimum atomic E-state index is -0.389. The Morgan fingerprint density at radius 1 is 1.12 bits per heavy atom. The van der Waals surface area contributed by atoms with Gasteiger partial charge in [0, 0.05) is 12.1 Å². The molecule has 0 aliphatic carbocycles. The summed E-state index contributed by atoms with van der Waals surface area (Å²) in [7, 11) is 0. The maximum atomic E-state index is 12.8. The first-order chi connectivity index (χ1) is 15.4. The zero-order chi connectivity index (χ0) is 22.7. The first kappa shape index (κ1) is 22.1. The second-order valence-electron chi connectivity index (χ2n) is 7.82. The van der Waals surface area contributed by atoms with Crippen LogP contribution in [0.1, 0.15) is 37.8 Å². The number of benzene rings is 2. The van der Waals surface area contributed by atoms with Crippen molar-refractivity contribution in [3.05, 3.63) is 52.3 Å². The van der Waals surface area contributed by atoms with E-state index in [1.807, 2.05) is 36.4 Å². The van der Waals surface area contributed by atoms with E-state index in [2.05, 4.69) is 18.8 Å². The molecule has 1 aliphatic heterocycles. The second-order valence-corrected chi connectivity index (χ2v) is 8.83. The van der Waals surface area contributed by atoms with Crippen LogP contribution in [0.25, 0.3) is 10.2 Å². The molecule has 8 heteroatoms. The molecule has 7 nitrogen and oxygen atoms in total. The largest absolute Gasteiger partial charge is 0.486 e. The van der Waals surface area contributed by atoms with E-state index in [9.17, 15) is 9.59 Å². The number of thiazole rings is 1. The summed E-state index contributed by atoms with van der Waals surface area (Å²) in [5, 5.41) is 0. The second kappa shape index (κ2) is 9.56. The number of hydrogen-bond acceptors (Lipinski definition) is 6. The van der Waals surface area contributed by atoms with E-state index in [1.165, 1.54) is 16.9 Å². The molecule has 0 radical (unpaired) electrons. The predicted molar refractivity (Wildman–Crippen MR) is 122 cm³/mol. The molecule has 0 saturated carbocycles. The van der Waals surface area contributed by atoms with Crippen LogP contribution in [0, 0.1) is 0 Å². The van der Waals surface area contributed by atoms with Gasteiger partial charge in [-0.05, 0) is 24.0 Å². The monoisotopic (exact) mass is 454 g/mol. The number of carbonyl (C=O) groups is 2. The lowest BCUT2D eigenvalue weighted by Crippen LogP contribution is -2.23. The maximum absolute atomic E-state index is 12.8. The molecule has 2 aromatic carbocycles. The highest BCUT2D eigenvalue weighted by Crippen LogP contribution is 2.35. The van der Waals surface area contributed by atoms with Crippen molar-refractivity contribution in [3.8, 4) is 11.5 Å². The topological polar surface area (TPSA) is 79.1 Å². The summed E-state index contributed by atoms with van der Waals surface area (Å²) in [6, 6.07) is 11.7. The number of ether oxygens (including phenoxy) is 3. The molecule has 0 spiro atoms. The van der Waals surface area contributed by atoms with Crippen molar-refractivity contribution < 1.29 is 23.8 Å². The summed E-state index contributed by atoms with van der Waals surface area (Å²) < 4.78 is 19.0. The van der Waals surface area contributed by atoms with Crippen LogP contribution in [-0.2, 0) is 27.3 Å². The fraction of sp³-hybridized carbons (Fsp3) is 0.375. The lowest BCUT2D eigenvalue weighted by Gasteiger charge is -2.18. The van der Waals surface area contributed by atoms with Crippen LogP contribution in [0.5, 0.6) is 11.5 Å². The average molecular weight is 455 g/mol. The van der Waals surface area contributed by atoms with Crippen LogP contribution in [0.15, 0.2) is 41.4 Å². The van der Waals surface area contributed by atoms with Crippen molar-refractivity contribution in [2.75, 3.05) is 19.8 Å². The Balaban J connectivity index is 1.69. The molecule has 4 rings (SSSR count). The maximum Gasteiger partial charge on any atom is 0.326 e. The molecule has 1 aliphatic rings. The Kier molecular flexibility index (Phi) is 6.60. The minimum absolute atomic E-state index is 0.0390. The average Bonchev–Trinajstić information content (AvgIpc) is 3.08. The summed E-state index contributed by atoms with van der Waals surface area (Å²) in [6.07, 6.45) is 0.189. The van der Waals surface area contributed by atoms with E-state index in [0.29, 0.717) is 35.4 Å². The van der Waals surface area contributed by atoms with Gasteiger partial charge in [0.2, 0.25) is 0 Å². The molecule has 1 aromatic heterocycles. The molecule has 168 valence electrons. The van der Waals surface area contributed by atoms with Crippen LogP contribution in [0.4, 0.5) is 0 Å². The molecular formula is C24H26N2O5S. The number of nitrogens with zero attached hydrogens (tertiary/aromatic N) is 2. The SMILES string of the molecule is CCOC(=O)Cn1c(=NC(=O)Cc2ccc(C(C)C)cc2)sc2cc3c(cc21)OCCO3. The van der Waals surface area contributed by atoms with Crippen molar-refractivity contribution in [3.63, 3.8) is 0 Å². The van der Waals surface area contributed by atoms with Gasteiger partial charge in [-0.3, -0.25) is 9.59 Å². The smallest absolute Gasteiger partial charge is 0.326 e. The first-order valence-electron chi connectivity index (χ1n) is 10.7. The molecule has 0 atom stereocenters. The lowest BCUT2D eigenvalue weighted by atomic mass is 10.0. The van der Waals surface area contributed by atoms with Crippen LogP contribution < -0.4 is 14.3 Å². The molecule has 0 N–H and O–H groups in total. The standard InChI is InChI=1S/C24H26N2O5S/c1-4-29-23(28)14-26-18-12-19-20(31-10-9-30-19)13-21(18)32-24(26)25-22(27)11-16-5-7-17(8-6-16)15(2)3/h5-8,12-13,15H,4,9-11,14H2,1-3H3. The van der Waals surface area contributed by atoms with Gasteiger partial charge >= 0.3 is 5.97 Å². The quantitative estimate of drug-likeness (QED) is 0.529. The molecule has 3 aromatic rings. The van der Waals surface area contributed by atoms with Gasteiger partial charge in [-0.25, -0.2) is 0 Å². The molecule has 2 heterocycles. The van der Waals surface area contributed by atoms with E-state index in [-0.39, 0.29) is 31.4 Å². The molecule has 0 bridgehead atoms. The normalized spacial score (nSPS) is 13.6. The number of aromatic nitrogens is 1. The van der Waals surface area contributed by atoms with Gasteiger partial charge in [0.05, 0.1) is 23.2 Å². The van der Waals surface area contributed by atoms with E-state index < -0.39 is 0 Å². The molecule has 1 amide bonds. The van der Waals surface area contributed by atoms with Gasteiger partial charge < -0.3 is 18.8 Å². The Hall–Kier alpha value is -3.13. The number of fused-ring (bicyclic) bond motifs is 2. The number of amides is 1. The van der Waals surface area contributed by atoms with E-state index in [1.54, 1.807) is 11.5 Å². The lowest BCUT2D eigenvalue weighted by molar-refractivity contribution is -0.143. The van der Waals surface area contributed by atoms with Gasteiger partial charge in [0.25, 0.3) is 5.91 Å². The molecular weight excluding hydrogens is 428 g/mol. The third kappa shape index (κ3) is 4.85. The number of rotatable bonds is 6. The van der Waals surface area contributed by atoms with Gasteiger partial charge in [0.1, 0.15) is 19.8 Å². The van der Waals surface area contributed by atoms with Crippen molar-refractivity contribution in [2.45, 2.75) is 39.7 Å². The van der Waals surface area contributed by atoms with Crippen molar-refractivity contribution in [2.24, 2.45) is 4.99 Å². The van der Waals surface area contributed by atoms with Gasteiger partial charge in [0.15, 0.2) is 16.3 Å². The molecule has 0 unspecified atom stereocenters. The van der Waals surface area contributed by atoms with Gasteiger partial charge in [-0.2, -0.15) is 4.99 Å². The molecule has 0 saturated heterocycles. The highest BCUT2D eigenvalue weighted by atomic mass is 32.1. The Labute approximate surface area is 190 Å². The third-order valence-electron chi connectivity index (χ3n) is 5.16. The molecule has 32 heavy (non-hydrogen) atoms. The minimum Gasteiger partial charge on any atom is -0.486 e. The predicted octanol–water partition coefficient (Wildman–Crippen LogP) is 3.83. The number of carbonyl (C=O) groups excluding carboxylic acids is 2. The fourth-order valence-corrected chi connectivity index (χ4v) is 4.58. The Bertz CT molecular complexity index is 1210.